The Hall–Kier alpha value is -1.60. The van der Waals surface area contributed by atoms with E-state index in [1.54, 1.807) is 24.0 Å². The molecule has 1 aliphatic heterocycles. The van der Waals surface area contributed by atoms with Gasteiger partial charge in [-0.05, 0) is 43.4 Å². The van der Waals surface area contributed by atoms with E-state index < -0.39 is 21.7 Å². The second-order valence-electron chi connectivity index (χ2n) is 7.27. The minimum atomic E-state index is -3.15. The number of amides is 1. The maximum absolute atomic E-state index is 13.2. The fourth-order valence-electron chi connectivity index (χ4n) is 3.83. The Bertz CT molecular complexity index is 793. The number of carboxylic acids is 1. The Morgan fingerprint density at radius 3 is 2.43 bits per heavy atom. The highest BCUT2D eigenvalue weighted by molar-refractivity contribution is 7.91. The maximum Gasteiger partial charge on any atom is 0.304 e. The standard InChI is InChI=1S/C20H28ClNO5S/c1-3-17(11-12-28(26,27)4-2)22-18(14-5-8-16(21)9-6-14)10-7-15(20(22)25)13-19(23)24/h5-6,8-9,15,17-18H,3-4,7,10-13H2,1-2H3,(H,23,24)/t15?,17?,18-/m0/s1. The molecular weight excluding hydrogens is 402 g/mol. The van der Waals surface area contributed by atoms with E-state index in [4.69, 9.17) is 16.7 Å². The van der Waals surface area contributed by atoms with Crippen LogP contribution in [0, 0.1) is 5.92 Å². The second kappa shape index (κ2) is 9.74. The first-order chi connectivity index (χ1) is 13.2. The van der Waals surface area contributed by atoms with Crippen LogP contribution in [-0.4, -0.2) is 47.8 Å². The smallest absolute Gasteiger partial charge is 0.304 e. The highest BCUT2D eigenvalue weighted by Crippen LogP contribution is 2.38. The number of likely N-dealkylation sites (tertiary alicyclic amines) is 1. The van der Waals surface area contributed by atoms with Crippen molar-refractivity contribution in [3.8, 4) is 0 Å². The first-order valence-electron chi connectivity index (χ1n) is 9.68. The molecule has 2 unspecified atom stereocenters. The van der Waals surface area contributed by atoms with Gasteiger partial charge < -0.3 is 10.0 Å². The molecule has 1 N–H and O–H groups in total. The number of benzene rings is 1. The lowest BCUT2D eigenvalue weighted by Gasteiger charge is -2.44. The fraction of sp³-hybridized carbons (Fsp3) is 0.600. The third kappa shape index (κ3) is 5.70. The van der Waals surface area contributed by atoms with Gasteiger partial charge in [-0.25, -0.2) is 8.42 Å². The normalized spacial score (nSPS) is 21.5. The van der Waals surface area contributed by atoms with Crippen molar-refractivity contribution in [2.45, 2.75) is 58.0 Å². The van der Waals surface area contributed by atoms with Crippen LogP contribution in [0.4, 0.5) is 0 Å². The molecule has 1 aromatic rings. The summed E-state index contributed by atoms with van der Waals surface area (Å²) in [5.74, 6) is -1.68. The first kappa shape index (κ1) is 22.7. The summed E-state index contributed by atoms with van der Waals surface area (Å²) in [5, 5.41) is 9.76. The second-order valence-corrected chi connectivity index (χ2v) is 10.2. The van der Waals surface area contributed by atoms with Gasteiger partial charge in [0, 0.05) is 22.7 Å². The zero-order valence-electron chi connectivity index (χ0n) is 16.3. The highest BCUT2D eigenvalue weighted by Gasteiger charge is 2.40. The largest absolute Gasteiger partial charge is 0.481 e. The zero-order chi connectivity index (χ0) is 20.9. The zero-order valence-corrected chi connectivity index (χ0v) is 17.9. The number of carbonyl (C=O) groups excluding carboxylic acids is 1. The number of hydrogen-bond donors (Lipinski definition) is 1. The summed E-state index contributed by atoms with van der Waals surface area (Å²) in [6.45, 7) is 3.54. The summed E-state index contributed by atoms with van der Waals surface area (Å²) in [6, 6.07) is 6.83. The Labute approximate surface area is 171 Å². The Morgan fingerprint density at radius 1 is 1.25 bits per heavy atom. The van der Waals surface area contributed by atoms with Crippen LogP contribution in [0.1, 0.15) is 57.6 Å². The topological polar surface area (TPSA) is 91.8 Å². The molecule has 0 aromatic heterocycles. The predicted octanol–water partition coefficient (Wildman–Crippen LogP) is 3.70. The lowest BCUT2D eigenvalue weighted by atomic mass is 9.84. The molecule has 1 amide bonds. The van der Waals surface area contributed by atoms with E-state index in [1.165, 1.54) is 0 Å². The number of halogens is 1. The lowest BCUT2D eigenvalue weighted by molar-refractivity contribution is -0.151. The van der Waals surface area contributed by atoms with Gasteiger partial charge in [0.05, 0.1) is 18.2 Å². The van der Waals surface area contributed by atoms with Crippen LogP contribution in [-0.2, 0) is 19.4 Å². The third-order valence-corrected chi connectivity index (χ3v) is 7.46. The lowest BCUT2D eigenvalue weighted by Crippen LogP contribution is -2.49. The van der Waals surface area contributed by atoms with Crippen LogP contribution >= 0.6 is 11.6 Å². The summed E-state index contributed by atoms with van der Waals surface area (Å²) >= 11 is 5.99. The van der Waals surface area contributed by atoms with E-state index in [0.717, 1.165) is 5.56 Å². The van der Waals surface area contributed by atoms with Gasteiger partial charge in [0.15, 0.2) is 0 Å². The summed E-state index contributed by atoms with van der Waals surface area (Å²) in [4.78, 5) is 26.1. The van der Waals surface area contributed by atoms with E-state index in [-0.39, 0.29) is 35.9 Å². The van der Waals surface area contributed by atoms with Crippen molar-refractivity contribution in [3.63, 3.8) is 0 Å². The minimum Gasteiger partial charge on any atom is -0.481 e. The molecule has 156 valence electrons. The molecule has 0 aliphatic carbocycles. The minimum absolute atomic E-state index is 0.0166. The molecular formula is C20H28ClNO5S. The van der Waals surface area contributed by atoms with Crippen LogP contribution in [0.25, 0.3) is 0 Å². The van der Waals surface area contributed by atoms with E-state index in [1.807, 2.05) is 19.1 Å². The van der Waals surface area contributed by atoms with E-state index in [9.17, 15) is 18.0 Å². The van der Waals surface area contributed by atoms with Gasteiger partial charge in [-0.2, -0.15) is 0 Å². The Balaban J connectivity index is 2.33. The molecule has 1 aliphatic rings. The number of carboxylic acid groups (broad SMARTS) is 1. The maximum atomic E-state index is 13.2. The van der Waals surface area contributed by atoms with Gasteiger partial charge in [0.1, 0.15) is 9.84 Å². The summed E-state index contributed by atoms with van der Waals surface area (Å²) < 4.78 is 24.0. The first-order valence-corrected chi connectivity index (χ1v) is 11.9. The molecule has 1 heterocycles. The van der Waals surface area contributed by atoms with Gasteiger partial charge in [-0.1, -0.05) is 37.6 Å². The third-order valence-electron chi connectivity index (χ3n) is 5.47. The number of piperidine rings is 1. The van der Waals surface area contributed by atoms with Crippen LogP contribution in [0.5, 0.6) is 0 Å². The average Bonchev–Trinajstić information content (AvgIpc) is 2.65. The molecule has 0 saturated carbocycles. The van der Waals surface area contributed by atoms with E-state index in [2.05, 4.69) is 0 Å². The molecule has 1 aromatic carbocycles. The van der Waals surface area contributed by atoms with Crippen LogP contribution in [0.15, 0.2) is 24.3 Å². The van der Waals surface area contributed by atoms with Crippen LogP contribution in [0.2, 0.25) is 5.02 Å². The van der Waals surface area contributed by atoms with Crippen molar-refractivity contribution in [2.75, 3.05) is 11.5 Å². The Morgan fingerprint density at radius 2 is 1.89 bits per heavy atom. The number of nitrogens with zero attached hydrogens (tertiary/aromatic N) is 1. The van der Waals surface area contributed by atoms with Gasteiger partial charge in [0.25, 0.3) is 0 Å². The quantitative estimate of drug-likeness (QED) is 0.646. The van der Waals surface area contributed by atoms with Crippen molar-refractivity contribution in [3.05, 3.63) is 34.9 Å². The van der Waals surface area contributed by atoms with Crippen molar-refractivity contribution in [2.24, 2.45) is 5.92 Å². The molecule has 6 nitrogen and oxygen atoms in total. The number of rotatable bonds is 9. The number of aliphatic carboxylic acids is 1. The molecule has 1 saturated heterocycles. The van der Waals surface area contributed by atoms with Crippen LogP contribution in [0.3, 0.4) is 0 Å². The molecule has 3 atom stereocenters. The SMILES string of the molecule is CCC(CCS(=O)(=O)CC)N1C(=O)C(CC(=O)O)CC[C@H]1c1ccc(Cl)cc1. The van der Waals surface area contributed by atoms with Crippen molar-refractivity contribution in [1.82, 2.24) is 4.90 Å². The Kier molecular flexibility index (Phi) is 7.89. The van der Waals surface area contributed by atoms with Crippen LogP contribution < -0.4 is 0 Å². The molecule has 0 spiro atoms. The van der Waals surface area contributed by atoms with Crippen molar-refractivity contribution >= 4 is 33.3 Å². The van der Waals surface area contributed by atoms with E-state index in [0.29, 0.717) is 30.7 Å². The number of hydrogen-bond acceptors (Lipinski definition) is 4. The number of carbonyl (C=O) groups is 2. The molecule has 28 heavy (non-hydrogen) atoms. The monoisotopic (exact) mass is 429 g/mol. The van der Waals surface area contributed by atoms with Gasteiger partial charge >= 0.3 is 5.97 Å². The average molecular weight is 430 g/mol. The van der Waals surface area contributed by atoms with Crippen molar-refractivity contribution in [1.29, 1.82) is 0 Å². The molecule has 2 rings (SSSR count). The van der Waals surface area contributed by atoms with Gasteiger partial charge in [-0.3, -0.25) is 9.59 Å². The summed E-state index contributed by atoms with van der Waals surface area (Å²) in [6.07, 6.45) is 1.89. The van der Waals surface area contributed by atoms with Gasteiger partial charge in [0.2, 0.25) is 5.91 Å². The van der Waals surface area contributed by atoms with E-state index >= 15 is 0 Å². The fourth-order valence-corrected chi connectivity index (χ4v) is 4.88. The number of sulfone groups is 1. The molecule has 0 radical (unpaired) electrons. The van der Waals surface area contributed by atoms with Crippen molar-refractivity contribution < 1.29 is 23.1 Å². The molecule has 8 heteroatoms. The molecule has 1 fully saturated rings. The summed E-state index contributed by atoms with van der Waals surface area (Å²) in [7, 11) is -3.15. The highest BCUT2D eigenvalue weighted by atomic mass is 35.5. The molecule has 0 bridgehead atoms. The van der Waals surface area contributed by atoms with Gasteiger partial charge in [-0.15, -0.1) is 0 Å². The predicted molar refractivity (Wildman–Crippen MR) is 109 cm³/mol. The summed E-state index contributed by atoms with van der Waals surface area (Å²) in [5.41, 5.74) is 0.934.